The number of hydrogen-bond donors (Lipinski definition) is 0. The van der Waals surface area contributed by atoms with Crippen molar-refractivity contribution in [3.05, 3.63) is 71.8 Å². The molecule has 1 saturated heterocycles. The molecule has 0 radical (unpaired) electrons. The third-order valence-corrected chi connectivity index (χ3v) is 5.82. The molecule has 1 aliphatic rings. The third kappa shape index (κ3) is 7.01. The summed E-state index contributed by atoms with van der Waals surface area (Å²) in [6.45, 7) is 1.22. The molecule has 0 spiro atoms. The summed E-state index contributed by atoms with van der Waals surface area (Å²) in [5.41, 5.74) is 2.18. The molecular formula is C23H29IO5. The van der Waals surface area contributed by atoms with E-state index in [1.807, 2.05) is 36.4 Å². The van der Waals surface area contributed by atoms with E-state index in [0.29, 0.717) is 13.2 Å². The Morgan fingerprint density at radius 3 is 2.07 bits per heavy atom. The molecule has 158 valence electrons. The zero-order valence-corrected chi connectivity index (χ0v) is 18.9. The molecule has 1 aliphatic heterocycles. The van der Waals surface area contributed by atoms with Crippen LogP contribution in [-0.2, 0) is 23.7 Å². The number of hydrogen-bond acceptors (Lipinski definition) is 5. The van der Waals surface area contributed by atoms with E-state index >= 15 is 0 Å². The predicted octanol–water partition coefficient (Wildman–Crippen LogP) is 5.06. The van der Waals surface area contributed by atoms with Gasteiger partial charge in [-0.2, -0.15) is 0 Å². The lowest BCUT2D eigenvalue weighted by Crippen LogP contribution is -2.33. The van der Waals surface area contributed by atoms with Crippen LogP contribution in [0.25, 0.3) is 0 Å². The lowest BCUT2D eigenvalue weighted by Gasteiger charge is -2.36. The lowest BCUT2D eigenvalue weighted by atomic mass is 9.96. The van der Waals surface area contributed by atoms with Crippen molar-refractivity contribution in [2.75, 3.05) is 31.5 Å². The van der Waals surface area contributed by atoms with Gasteiger partial charge in [-0.1, -0.05) is 83.3 Å². The minimum absolute atomic E-state index is 0.136. The highest BCUT2D eigenvalue weighted by Crippen LogP contribution is 2.40. The van der Waals surface area contributed by atoms with Gasteiger partial charge in [0.15, 0.2) is 6.29 Å². The predicted molar refractivity (Wildman–Crippen MR) is 120 cm³/mol. The molecule has 6 heteroatoms. The maximum Gasteiger partial charge on any atom is 0.161 e. The number of methoxy groups -OCH3 is 1. The zero-order valence-electron chi connectivity index (χ0n) is 16.7. The van der Waals surface area contributed by atoms with Crippen molar-refractivity contribution in [2.24, 2.45) is 0 Å². The first kappa shape index (κ1) is 22.7. The van der Waals surface area contributed by atoms with Crippen molar-refractivity contribution in [2.45, 2.75) is 37.4 Å². The average Bonchev–Trinajstić information content (AvgIpc) is 2.76. The molecule has 0 unspecified atom stereocenters. The molecule has 0 amide bonds. The molecular weight excluding hydrogens is 483 g/mol. The summed E-state index contributed by atoms with van der Waals surface area (Å²) < 4.78 is 30.4. The van der Waals surface area contributed by atoms with Crippen LogP contribution in [-0.4, -0.2) is 43.9 Å². The molecule has 0 bridgehead atoms. The first-order valence-corrected chi connectivity index (χ1v) is 11.5. The second-order valence-corrected chi connectivity index (χ2v) is 7.78. The number of rotatable bonds is 9. The standard InChI is InChI=1S/C23H29IO5/c1-25-14-15-26-17-27-21-13-12-20(16-24)28-22(18-8-4-2-5-9-18)23(29-21)19-10-6-3-7-11-19/h2-11,20-23H,12-17H2,1H3/t20-,21+,22-,23-/m1/s1. The van der Waals surface area contributed by atoms with Crippen molar-refractivity contribution in [1.82, 2.24) is 0 Å². The molecule has 4 atom stereocenters. The van der Waals surface area contributed by atoms with Crippen LogP contribution in [0.3, 0.4) is 0 Å². The van der Waals surface area contributed by atoms with Crippen molar-refractivity contribution in [3.8, 4) is 0 Å². The highest BCUT2D eigenvalue weighted by atomic mass is 127. The number of ether oxygens (including phenoxy) is 5. The minimum atomic E-state index is -0.358. The summed E-state index contributed by atoms with van der Waals surface area (Å²) in [6.07, 6.45) is 0.926. The summed E-state index contributed by atoms with van der Waals surface area (Å²) in [5, 5.41) is 0. The van der Waals surface area contributed by atoms with Crippen molar-refractivity contribution in [3.63, 3.8) is 0 Å². The van der Waals surface area contributed by atoms with E-state index in [1.165, 1.54) is 0 Å². The molecule has 0 saturated carbocycles. The normalized spacial score (nSPS) is 25.3. The van der Waals surface area contributed by atoms with Crippen molar-refractivity contribution < 1.29 is 23.7 Å². The van der Waals surface area contributed by atoms with Crippen LogP contribution in [0.4, 0.5) is 0 Å². The van der Waals surface area contributed by atoms with E-state index in [2.05, 4.69) is 46.9 Å². The first-order chi connectivity index (χ1) is 14.3. The number of benzene rings is 2. The Kier molecular flexibility index (Phi) is 9.85. The summed E-state index contributed by atoms with van der Waals surface area (Å²) in [5.74, 6) is 0. The van der Waals surface area contributed by atoms with Crippen LogP contribution < -0.4 is 0 Å². The highest BCUT2D eigenvalue weighted by Gasteiger charge is 2.34. The van der Waals surface area contributed by atoms with Gasteiger partial charge < -0.3 is 23.7 Å². The van der Waals surface area contributed by atoms with E-state index in [4.69, 9.17) is 23.7 Å². The van der Waals surface area contributed by atoms with Crippen molar-refractivity contribution >= 4 is 22.6 Å². The second kappa shape index (κ2) is 12.6. The van der Waals surface area contributed by atoms with Gasteiger partial charge in [0.2, 0.25) is 0 Å². The monoisotopic (exact) mass is 512 g/mol. The fourth-order valence-electron chi connectivity index (χ4n) is 3.33. The molecule has 29 heavy (non-hydrogen) atoms. The van der Waals surface area contributed by atoms with E-state index < -0.39 is 0 Å². The van der Waals surface area contributed by atoms with Gasteiger partial charge in [-0.25, -0.2) is 0 Å². The molecule has 2 aromatic rings. The zero-order chi connectivity index (χ0) is 20.3. The second-order valence-electron chi connectivity index (χ2n) is 6.90. The Bertz CT molecular complexity index is 684. The Morgan fingerprint density at radius 1 is 0.862 bits per heavy atom. The van der Waals surface area contributed by atoms with Gasteiger partial charge in [-0.3, -0.25) is 0 Å². The van der Waals surface area contributed by atoms with E-state index in [1.54, 1.807) is 7.11 Å². The maximum absolute atomic E-state index is 6.56. The SMILES string of the molecule is COCCOCO[C@@H]1CC[C@H](CI)O[C@H](c2ccccc2)[C@@H](c2ccccc2)O1. The van der Waals surface area contributed by atoms with Gasteiger partial charge >= 0.3 is 0 Å². The topological polar surface area (TPSA) is 46.2 Å². The summed E-state index contributed by atoms with van der Waals surface area (Å²) in [7, 11) is 1.65. The van der Waals surface area contributed by atoms with Gasteiger partial charge in [0.1, 0.15) is 19.0 Å². The Hall–Kier alpha value is -1.03. The quantitative estimate of drug-likeness (QED) is 0.204. The molecule has 0 aliphatic carbocycles. The average molecular weight is 512 g/mol. The van der Waals surface area contributed by atoms with Crippen molar-refractivity contribution in [1.29, 1.82) is 0 Å². The van der Waals surface area contributed by atoms with Gasteiger partial charge in [0.25, 0.3) is 0 Å². The molecule has 1 fully saturated rings. The van der Waals surface area contributed by atoms with Crippen LogP contribution >= 0.6 is 22.6 Å². The first-order valence-electron chi connectivity index (χ1n) is 9.97. The minimum Gasteiger partial charge on any atom is -0.382 e. The number of alkyl halides is 1. The van der Waals surface area contributed by atoms with E-state index in [-0.39, 0.29) is 31.4 Å². The summed E-state index contributed by atoms with van der Waals surface area (Å²) in [6, 6.07) is 20.5. The highest BCUT2D eigenvalue weighted by molar-refractivity contribution is 14.1. The smallest absolute Gasteiger partial charge is 0.161 e. The van der Waals surface area contributed by atoms with E-state index in [0.717, 1.165) is 28.4 Å². The summed E-state index contributed by atoms with van der Waals surface area (Å²) >= 11 is 2.39. The van der Waals surface area contributed by atoms with Crippen LogP contribution in [0, 0.1) is 0 Å². The Labute approximate surface area is 186 Å². The largest absolute Gasteiger partial charge is 0.382 e. The van der Waals surface area contributed by atoms with Gasteiger partial charge in [-0.05, 0) is 17.5 Å². The fraction of sp³-hybridized carbons (Fsp3) is 0.478. The van der Waals surface area contributed by atoms with Gasteiger partial charge in [0.05, 0.1) is 19.3 Å². The molecule has 0 aromatic heterocycles. The molecule has 5 nitrogen and oxygen atoms in total. The molecule has 1 heterocycles. The van der Waals surface area contributed by atoms with E-state index in [9.17, 15) is 0 Å². The molecule has 3 rings (SSSR count). The lowest BCUT2D eigenvalue weighted by molar-refractivity contribution is -0.253. The van der Waals surface area contributed by atoms with Gasteiger partial charge in [0, 0.05) is 18.0 Å². The molecule has 0 N–H and O–H groups in total. The summed E-state index contributed by atoms with van der Waals surface area (Å²) in [4.78, 5) is 0. The Morgan fingerprint density at radius 2 is 1.48 bits per heavy atom. The number of halogens is 1. The van der Waals surface area contributed by atoms with Crippen LogP contribution in [0.2, 0.25) is 0 Å². The van der Waals surface area contributed by atoms with Crippen LogP contribution in [0.15, 0.2) is 60.7 Å². The Balaban J connectivity index is 1.81. The maximum atomic E-state index is 6.56. The fourth-order valence-corrected chi connectivity index (χ4v) is 3.97. The van der Waals surface area contributed by atoms with Crippen LogP contribution in [0.1, 0.15) is 36.2 Å². The van der Waals surface area contributed by atoms with Gasteiger partial charge in [-0.15, -0.1) is 0 Å². The third-order valence-electron chi connectivity index (χ3n) is 4.83. The molecule has 2 aromatic carbocycles. The van der Waals surface area contributed by atoms with Crippen LogP contribution in [0.5, 0.6) is 0 Å².